The molecule has 6 rings (SSSR count). The summed E-state index contributed by atoms with van der Waals surface area (Å²) in [6.45, 7) is 7.63. The largest absolute Gasteiger partial charge is 0.497 e. The highest BCUT2D eigenvalue weighted by molar-refractivity contribution is 7.91. The third-order valence-corrected chi connectivity index (χ3v) is 13.0. The molecule has 2 unspecified atom stereocenters. The minimum absolute atomic E-state index is 0.0712. The van der Waals surface area contributed by atoms with Gasteiger partial charge in [0.25, 0.3) is 11.8 Å². The number of nitrogens with zero attached hydrogens (tertiary/aromatic N) is 3. The van der Waals surface area contributed by atoms with Gasteiger partial charge in [0.15, 0.2) is 0 Å². The Balaban J connectivity index is 1.36. The number of aliphatic hydroxyl groups is 1. The molecule has 2 saturated heterocycles. The summed E-state index contributed by atoms with van der Waals surface area (Å²) in [5.74, 6) is -2.93. The number of sulfonamides is 1. The van der Waals surface area contributed by atoms with Crippen molar-refractivity contribution in [3.63, 3.8) is 0 Å². The number of halogens is 2. The van der Waals surface area contributed by atoms with E-state index in [-0.39, 0.29) is 25.8 Å². The Kier molecular flexibility index (Phi) is 12.4. The maximum atomic E-state index is 14.8. The Bertz CT molecular complexity index is 2230. The minimum Gasteiger partial charge on any atom is -0.497 e. The zero-order valence-electron chi connectivity index (χ0n) is 33.6. The van der Waals surface area contributed by atoms with Crippen LogP contribution < -0.4 is 19.5 Å². The van der Waals surface area contributed by atoms with Crippen molar-refractivity contribution in [2.45, 2.75) is 94.4 Å². The van der Waals surface area contributed by atoms with E-state index in [0.717, 1.165) is 5.56 Å². The number of carbonyl (C=O) groups excluding carboxylic acids is 3. The quantitative estimate of drug-likeness (QED) is 0.137. The fourth-order valence-electron chi connectivity index (χ4n) is 7.68. The SMILES string of the molecule is C#CC[C@](CC=C)(NC(=O)[C@@H]1CC(Oc2cc(-c3ccccc3)nc3cc(OC)ccc23)CN1C(=O)[C@@H](CC(O)N1CC(F)(F)C1)C(C)(C)C)C(=O)NS(=O)(=O)C1CC1. The van der Waals surface area contributed by atoms with E-state index in [4.69, 9.17) is 20.9 Å². The van der Waals surface area contributed by atoms with Gasteiger partial charge in [-0.15, -0.1) is 18.9 Å². The Morgan fingerprint density at radius 3 is 2.42 bits per heavy atom. The molecule has 59 heavy (non-hydrogen) atoms. The summed E-state index contributed by atoms with van der Waals surface area (Å²) >= 11 is 0. The van der Waals surface area contributed by atoms with Crippen LogP contribution in [0.2, 0.25) is 0 Å². The van der Waals surface area contributed by atoms with Crippen LogP contribution in [0, 0.1) is 23.7 Å². The summed E-state index contributed by atoms with van der Waals surface area (Å²) in [5.41, 5.74) is -0.798. The van der Waals surface area contributed by atoms with Crippen LogP contribution in [0.4, 0.5) is 8.78 Å². The van der Waals surface area contributed by atoms with Gasteiger partial charge in [0.2, 0.25) is 21.8 Å². The molecule has 1 saturated carbocycles. The number of carbonyl (C=O) groups is 3. The van der Waals surface area contributed by atoms with Gasteiger partial charge in [-0.1, -0.05) is 57.2 Å². The summed E-state index contributed by atoms with van der Waals surface area (Å²) < 4.78 is 67.7. The van der Waals surface area contributed by atoms with Gasteiger partial charge in [0, 0.05) is 41.8 Å². The summed E-state index contributed by atoms with van der Waals surface area (Å²) in [4.78, 5) is 50.7. The second kappa shape index (κ2) is 16.9. The molecule has 2 aromatic carbocycles. The fraction of sp³-hybridized carbons (Fsp3) is 0.488. The maximum absolute atomic E-state index is 14.8. The number of aromatic nitrogens is 1. The second-order valence-corrected chi connectivity index (χ2v) is 18.7. The standard InChI is InChI=1S/C43H51F2N5O8S/c1-7-18-42(19-8-2,40(54)48-59(55,56)30-15-16-30)47-38(52)35-21-29(24-50(35)39(53)32(41(3,4)5)22-37(51)49-25-43(44,45)26-49)58-36-23-33(27-12-10-9-11-13-27)46-34-20-28(57-6)14-17-31(34)36/h1,8-14,17,20,23,29-30,32,35,37,51H,2,15-16,18-19,21-22,24-26H2,3-6H3,(H,47,52)(H,48,54)/t29?,32-,35+,37?,42-/m1/s1. The Morgan fingerprint density at radius 1 is 1.14 bits per heavy atom. The van der Waals surface area contributed by atoms with Crippen molar-refractivity contribution in [3.8, 4) is 35.1 Å². The van der Waals surface area contributed by atoms with Crippen LogP contribution in [-0.4, -0.2) is 108 Å². The molecule has 2 aliphatic heterocycles. The fourth-order valence-corrected chi connectivity index (χ4v) is 9.06. The van der Waals surface area contributed by atoms with Crippen molar-refractivity contribution in [3.05, 3.63) is 67.3 Å². The molecule has 3 N–H and O–H groups in total. The van der Waals surface area contributed by atoms with Gasteiger partial charge in [-0.3, -0.25) is 24.0 Å². The van der Waals surface area contributed by atoms with Crippen molar-refractivity contribution in [1.29, 1.82) is 0 Å². The second-order valence-electron chi connectivity index (χ2n) is 16.8. The zero-order valence-corrected chi connectivity index (χ0v) is 34.4. The molecule has 5 atom stereocenters. The summed E-state index contributed by atoms with van der Waals surface area (Å²) in [5, 5.41) is 13.7. The van der Waals surface area contributed by atoms with Gasteiger partial charge in [0.05, 0.1) is 43.2 Å². The van der Waals surface area contributed by atoms with E-state index in [0.29, 0.717) is 40.9 Å². The van der Waals surface area contributed by atoms with E-state index in [1.54, 1.807) is 52.1 Å². The van der Waals surface area contributed by atoms with Crippen molar-refractivity contribution < 1.29 is 46.2 Å². The topological polar surface area (TPSA) is 167 Å². The first-order valence-electron chi connectivity index (χ1n) is 19.5. The van der Waals surface area contributed by atoms with Crippen LogP contribution in [-0.2, 0) is 24.4 Å². The van der Waals surface area contributed by atoms with E-state index in [9.17, 15) is 36.7 Å². The predicted molar refractivity (Wildman–Crippen MR) is 218 cm³/mol. The number of rotatable bonds is 16. The van der Waals surface area contributed by atoms with Crippen LogP contribution in [0.3, 0.4) is 0 Å². The van der Waals surface area contributed by atoms with Crippen molar-refractivity contribution >= 4 is 38.6 Å². The number of fused-ring (bicyclic) bond motifs is 1. The Hall–Kier alpha value is -5.11. The number of likely N-dealkylation sites (tertiary alicyclic amines) is 2. The number of aliphatic hydroxyl groups excluding tert-OH is 1. The highest BCUT2D eigenvalue weighted by Crippen LogP contribution is 2.39. The first kappa shape index (κ1) is 43.5. The third-order valence-electron chi connectivity index (χ3n) is 11.2. The molecule has 3 amide bonds. The van der Waals surface area contributed by atoms with Crippen LogP contribution in [0.25, 0.3) is 22.2 Å². The van der Waals surface area contributed by atoms with Crippen LogP contribution in [0.1, 0.15) is 59.3 Å². The van der Waals surface area contributed by atoms with Gasteiger partial charge in [0.1, 0.15) is 35.4 Å². The molecule has 0 radical (unpaired) electrons. The lowest BCUT2D eigenvalue weighted by Crippen LogP contribution is -2.63. The van der Waals surface area contributed by atoms with Crippen LogP contribution >= 0.6 is 0 Å². The lowest BCUT2D eigenvalue weighted by Gasteiger charge is -2.44. The number of alkyl halides is 2. The molecule has 316 valence electrons. The third kappa shape index (κ3) is 9.69. The highest BCUT2D eigenvalue weighted by atomic mass is 32.2. The van der Waals surface area contributed by atoms with Crippen molar-refractivity contribution in [2.24, 2.45) is 11.3 Å². The number of amides is 3. The lowest BCUT2D eigenvalue weighted by atomic mass is 9.77. The molecule has 3 fully saturated rings. The summed E-state index contributed by atoms with van der Waals surface area (Å²) in [6.07, 6.45) is 4.73. The molecule has 1 aliphatic carbocycles. The van der Waals surface area contributed by atoms with Gasteiger partial charge < -0.3 is 24.8 Å². The Labute approximate surface area is 343 Å². The minimum atomic E-state index is -4.05. The number of nitrogens with one attached hydrogen (secondary N) is 2. The van der Waals surface area contributed by atoms with E-state index in [1.807, 2.05) is 30.3 Å². The average molecular weight is 836 g/mol. The monoisotopic (exact) mass is 835 g/mol. The van der Waals surface area contributed by atoms with Crippen molar-refractivity contribution in [2.75, 3.05) is 26.7 Å². The van der Waals surface area contributed by atoms with Gasteiger partial charge >= 0.3 is 0 Å². The van der Waals surface area contributed by atoms with E-state index in [2.05, 4.69) is 22.5 Å². The lowest BCUT2D eigenvalue weighted by molar-refractivity contribution is -0.191. The molecule has 3 aliphatic rings. The molecule has 13 nitrogen and oxygen atoms in total. The van der Waals surface area contributed by atoms with Gasteiger partial charge in [-0.2, -0.15) is 0 Å². The molecule has 3 aromatic rings. The number of terminal acetylenes is 1. The van der Waals surface area contributed by atoms with Crippen molar-refractivity contribution in [1.82, 2.24) is 24.8 Å². The number of hydrogen-bond acceptors (Lipinski definition) is 10. The first-order chi connectivity index (χ1) is 27.8. The number of hydrogen-bond donors (Lipinski definition) is 3. The van der Waals surface area contributed by atoms with Gasteiger partial charge in [-0.05, 0) is 43.2 Å². The highest BCUT2D eigenvalue weighted by Gasteiger charge is 2.51. The normalized spacial score (nSPS) is 21.3. The van der Waals surface area contributed by atoms with Crippen LogP contribution in [0.15, 0.2) is 67.3 Å². The number of ether oxygens (including phenoxy) is 2. The van der Waals surface area contributed by atoms with Crippen LogP contribution in [0.5, 0.6) is 11.5 Å². The van der Waals surface area contributed by atoms with E-state index >= 15 is 0 Å². The molecule has 0 spiro atoms. The zero-order chi connectivity index (χ0) is 42.9. The van der Waals surface area contributed by atoms with E-state index in [1.165, 1.54) is 15.9 Å². The maximum Gasteiger partial charge on any atom is 0.273 e. The first-order valence-corrected chi connectivity index (χ1v) is 21.1. The number of methoxy groups -OCH3 is 1. The van der Waals surface area contributed by atoms with E-state index < -0.39 is 93.7 Å². The average Bonchev–Trinajstić information content (AvgIpc) is 3.96. The number of pyridine rings is 1. The molecule has 3 heterocycles. The Morgan fingerprint density at radius 2 is 1.83 bits per heavy atom. The summed E-state index contributed by atoms with van der Waals surface area (Å²) in [6, 6.07) is 15.2. The molecule has 0 bridgehead atoms. The predicted octanol–water partition coefficient (Wildman–Crippen LogP) is 4.64. The van der Waals surface area contributed by atoms with Gasteiger partial charge in [-0.25, -0.2) is 22.2 Å². The molecule has 1 aromatic heterocycles. The number of benzene rings is 2. The molecule has 16 heteroatoms. The molecular formula is C43H51F2N5O8S. The molecular weight excluding hydrogens is 785 g/mol. The summed E-state index contributed by atoms with van der Waals surface area (Å²) in [7, 11) is -2.51. The smallest absolute Gasteiger partial charge is 0.273 e.